The molecule has 1 aromatic rings. The van der Waals surface area contributed by atoms with Crippen LogP contribution in [-0.4, -0.2) is 50.0 Å². The minimum absolute atomic E-state index is 0. The van der Waals surface area contributed by atoms with Gasteiger partial charge in [-0.1, -0.05) is 6.07 Å². The summed E-state index contributed by atoms with van der Waals surface area (Å²) in [5, 5.41) is 6.58. The van der Waals surface area contributed by atoms with E-state index in [0.29, 0.717) is 12.6 Å². The minimum Gasteiger partial charge on any atom is -0.381 e. The van der Waals surface area contributed by atoms with Crippen molar-refractivity contribution < 1.29 is 9.47 Å². The van der Waals surface area contributed by atoms with E-state index in [0.717, 1.165) is 63.8 Å². The number of hydrogen-bond acceptors (Lipinski definition) is 4. The molecule has 0 aliphatic carbocycles. The molecule has 6 nitrogen and oxygen atoms in total. The fourth-order valence-corrected chi connectivity index (χ4v) is 2.37. The summed E-state index contributed by atoms with van der Waals surface area (Å²) < 4.78 is 11.2. The average Bonchev–Trinajstić information content (AvgIpc) is 2.61. The summed E-state index contributed by atoms with van der Waals surface area (Å²) in [6.07, 6.45) is 5.16. The SMILES string of the molecule is CCNC(=NCc1ccccn1)NCCCOC1CCOCC1.I. The number of pyridine rings is 1. The Bertz CT molecular complexity index is 453. The first kappa shape index (κ1) is 21.1. The first-order valence-corrected chi connectivity index (χ1v) is 8.50. The highest BCUT2D eigenvalue weighted by Gasteiger charge is 2.13. The van der Waals surface area contributed by atoms with Crippen LogP contribution in [0.4, 0.5) is 0 Å². The van der Waals surface area contributed by atoms with Crippen LogP contribution < -0.4 is 10.6 Å². The summed E-state index contributed by atoms with van der Waals surface area (Å²) in [5.41, 5.74) is 0.965. The molecule has 1 fully saturated rings. The number of ether oxygens (including phenoxy) is 2. The van der Waals surface area contributed by atoms with E-state index in [-0.39, 0.29) is 24.0 Å². The molecule has 0 radical (unpaired) electrons. The number of halogens is 1. The number of rotatable bonds is 8. The maximum absolute atomic E-state index is 5.86. The smallest absolute Gasteiger partial charge is 0.191 e. The molecule has 0 aromatic carbocycles. The topological polar surface area (TPSA) is 67.8 Å². The first-order valence-electron chi connectivity index (χ1n) is 8.50. The quantitative estimate of drug-likeness (QED) is 0.277. The van der Waals surface area contributed by atoms with Crippen molar-refractivity contribution in [1.29, 1.82) is 0 Å². The summed E-state index contributed by atoms with van der Waals surface area (Å²) in [6, 6.07) is 5.87. The second kappa shape index (κ2) is 13.4. The molecule has 2 heterocycles. The lowest BCUT2D eigenvalue weighted by Crippen LogP contribution is -2.38. The van der Waals surface area contributed by atoms with Crippen LogP contribution in [0.2, 0.25) is 0 Å². The number of hydrogen-bond donors (Lipinski definition) is 2. The Morgan fingerprint density at radius 3 is 2.88 bits per heavy atom. The van der Waals surface area contributed by atoms with Gasteiger partial charge >= 0.3 is 0 Å². The monoisotopic (exact) mass is 448 g/mol. The van der Waals surface area contributed by atoms with Crippen molar-refractivity contribution in [2.24, 2.45) is 4.99 Å². The molecule has 1 saturated heterocycles. The lowest BCUT2D eigenvalue weighted by molar-refractivity contribution is -0.0320. The van der Waals surface area contributed by atoms with Gasteiger partial charge in [0, 0.05) is 39.1 Å². The van der Waals surface area contributed by atoms with E-state index in [1.165, 1.54) is 0 Å². The zero-order chi connectivity index (χ0) is 16.2. The fourth-order valence-electron chi connectivity index (χ4n) is 2.37. The predicted molar refractivity (Wildman–Crippen MR) is 107 cm³/mol. The lowest BCUT2D eigenvalue weighted by atomic mass is 10.1. The van der Waals surface area contributed by atoms with Crippen LogP contribution in [0.15, 0.2) is 29.4 Å². The Hall–Kier alpha value is -0.930. The average molecular weight is 448 g/mol. The summed E-state index contributed by atoms with van der Waals surface area (Å²) >= 11 is 0. The van der Waals surface area contributed by atoms with Gasteiger partial charge in [-0.3, -0.25) is 4.98 Å². The van der Waals surface area contributed by atoms with Crippen LogP contribution in [0.25, 0.3) is 0 Å². The highest BCUT2D eigenvalue weighted by molar-refractivity contribution is 14.0. The lowest BCUT2D eigenvalue weighted by Gasteiger charge is -2.22. The van der Waals surface area contributed by atoms with Gasteiger partial charge in [0.05, 0.1) is 18.3 Å². The van der Waals surface area contributed by atoms with Gasteiger partial charge in [0.25, 0.3) is 0 Å². The standard InChI is InChI=1S/C17H28N4O2.HI/c1-2-18-17(21-14-15-6-3-4-9-19-15)20-10-5-11-23-16-7-12-22-13-8-16;/h3-4,6,9,16H,2,5,7-8,10-14H2,1H3,(H2,18,20,21);1H. The van der Waals surface area contributed by atoms with E-state index in [1.54, 1.807) is 6.20 Å². The minimum atomic E-state index is 0. The van der Waals surface area contributed by atoms with Gasteiger partial charge in [0.2, 0.25) is 0 Å². The largest absolute Gasteiger partial charge is 0.381 e. The zero-order valence-electron chi connectivity index (χ0n) is 14.4. The molecule has 0 atom stereocenters. The van der Waals surface area contributed by atoms with Crippen LogP contribution in [0, 0.1) is 0 Å². The molecule has 2 rings (SSSR count). The molecule has 24 heavy (non-hydrogen) atoms. The molecule has 1 aliphatic rings. The van der Waals surface area contributed by atoms with Crippen LogP contribution in [0.5, 0.6) is 0 Å². The van der Waals surface area contributed by atoms with Crippen molar-refractivity contribution in [3.63, 3.8) is 0 Å². The predicted octanol–water partition coefficient (Wildman–Crippen LogP) is 2.34. The molecule has 136 valence electrons. The molecule has 7 heteroatoms. The van der Waals surface area contributed by atoms with Crippen LogP contribution in [-0.2, 0) is 16.0 Å². The number of aliphatic imine (C=N–C) groups is 1. The third-order valence-corrected chi connectivity index (χ3v) is 3.60. The van der Waals surface area contributed by atoms with Crippen molar-refractivity contribution in [2.45, 2.75) is 38.8 Å². The van der Waals surface area contributed by atoms with Gasteiger partial charge in [0.15, 0.2) is 5.96 Å². The molecule has 2 N–H and O–H groups in total. The molecule has 0 bridgehead atoms. The van der Waals surface area contributed by atoms with Gasteiger partial charge in [-0.05, 0) is 38.3 Å². The second-order valence-corrected chi connectivity index (χ2v) is 5.48. The fraction of sp³-hybridized carbons (Fsp3) is 0.647. The molecule has 1 aromatic heterocycles. The van der Waals surface area contributed by atoms with Crippen molar-refractivity contribution in [3.8, 4) is 0 Å². The molecule has 0 amide bonds. The van der Waals surface area contributed by atoms with E-state index < -0.39 is 0 Å². The summed E-state index contributed by atoms with van der Waals surface area (Å²) in [6.45, 7) is 6.75. The third-order valence-electron chi connectivity index (χ3n) is 3.60. The molecule has 1 aliphatic heterocycles. The number of guanidine groups is 1. The Morgan fingerprint density at radius 1 is 1.33 bits per heavy atom. The van der Waals surface area contributed by atoms with Crippen molar-refractivity contribution >= 4 is 29.9 Å². The van der Waals surface area contributed by atoms with Gasteiger partial charge in [-0.2, -0.15) is 0 Å². The van der Waals surface area contributed by atoms with Crippen molar-refractivity contribution in [3.05, 3.63) is 30.1 Å². The molecule has 0 saturated carbocycles. The van der Waals surface area contributed by atoms with Gasteiger partial charge in [-0.25, -0.2) is 4.99 Å². The highest BCUT2D eigenvalue weighted by atomic mass is 127. The normalized spacial score (nSPS) is 15.6. The number of nitrogens with zero attached hydrogens (tertiary/aromatic N) is 2. The zero-order valence-corrected chi connectivity index (χ0v) is 16.7. The van der Waals surface area contributed by atoms with Gasteiger partial charge in [-0.15, -0.1) is 24.0 Å². The van der Waals surface area contributed by atoms with Crippen LogP contribution in [0.1, 0.15) is 31.9 Å². The Kier molecular flexibility index (Phi) is 11.8. The number of nitrogens with one attached hydrogen (secondary N) is 2. The van der Waals surface area contributed by atoms with E-state index >= 15 is 0 Å². The number of aromatic nitrogens is 1. The Morgan fingerprint density at radius 2 is 2.17 bits per heavy atom. The van der Waals surface area contributed by atoms with E-state index in [4.69, 9.17) is 9.47 Å². The highest BCUT2D eigenvalue weighted by Crippen LogP contribution is 2.10. The molecule has 0 unspecified atom stereocenters. The maximum atomic E-state index is 5.86. The summed E-state index contributed by atoms with van der Waals surface area (Å²) in [4.78, 5) is 8.83. The van der Waals surface area contributed by atoms with E-state index in [9.17, 15) is 0 Å². The Labute approximate surface area is 161 Å². The third kappa shape index (κ3) is 8.79. The first-order chi connectivity index (χ1) is 11.4. The molecular weight excluding hydrogens is 419 g/mol. The van der Waals surface area contributed by atoms with E-state index in [1.807, 2.05) is 18.2 Å². The van der Waals surface area contributed by atoms with E-state index in [2.05, 4.69) is 27.5 Å². The maximum Gasteiger partial charge on any atom is 0.191 e. The van der Waals surface area contributed by atoms with Crippen LogP contribution in [0.3, 0.4) is 0 Å². The Balaban J connectivity index is 0.00000288. The van der Waals surface area contributed by atoms with Crippen LogP contribution >= 0.6 is 24.0 Å². The second-order valence-electron chi connectivity index (χ2n) is 5.48. The van der Waals surface area contributed by atoms with Crippen molar-refractivity contribution in [1.82, 2.24) is 15.6 Å². The summed E-state index contributed by atoms with van der Waals surface area (Å²) in [5.74, 6) is 0.823. The molecule has 0 spiro atoms. The van der Waals surface area contributed by atoms with Gasteiger partial charge < -0.3 is 20.1 Å². The van der Waals surface area contributed by atoms with Crippen molar-refractivity contribution in [2.75, 3.05) is 32.9 Å². The summed E-state index contributed by atoms with van der Waals surface area (Å²) in [7, 11) is 0. The molecular formula is C17H29IN4O2. The van der Waals surface area contributed by atoms with Gasteiger partial charge in [0.1, 0.15) is 0 Å².